The van der Waals surface area contributed by atoms with Crippen molar-refractivity contribution in [1.29, 1.82) is 0 Å². The number of aromatic nitrogens is 2. The van der Waals surface area contributed by atoms with Crippen molar-refractivity contribution >= 4 is 42.6 Å². The Balaban J connectivity index is 2.01. The third-order valence-corrected chi connectivity index (χ3v) is 6.03. The first-order valence-corrected chi connectivity index (χ1v) is 9.13. The van der Waals surface area contributed by atoms with E-state index < -0.39 is 15.7 Å². The van der Waals surface area contributed by atoms with Gasteiger partial charge in [0.2, 0.25) is 0 Å². The van der Waals surface area contributed by atoms with Crippen molar-refractivity contribution in [3.05, 3.63) is 28.4 Å². The maximum Gasteiger partial charge on any atom is 0.269 e. The van der Waals surface area contributed by atoms with Crippen molar-refractivity contribution < 1.29 is 13.2 Å². The summed E-state index contributed by atoms with van der Waals surface area (Å²) in [4.78, 5) is 11.5. The number of fused-ring (bicyclic) bond motifs is 1. The molecule has 1 aliphatic heterocycles. The smallest absolute Gasteiger partial charge is 0.269 e. The molecule has 112 valence electrons. The van der Waals surface area contributed by atoms with Crippen molar-refractivity contribution in [2.24, 2.45) is 11.7 Å². The quantitative estimate of drug-likeness (QED) is 0.880. The molecule has 1 aliphatic rings. The SMILES string of the molecule is NC(=O)c1nn(CC2CCS(=O)(=O)C2)c2ccc(Br)cc12. The maximum atomic E-state index is 11.5. The van der Waals surface area contributed by atoms with Crippen molar-refractivity contribution in [2.45, 2.75) is 13.0 Å². The number of benzene rings is 1. The molecule has 21 heavy (non-hydrogen) atoms. The number of hydrogen-bond acceptors (Lipinski definition) is 4. The summed E-state index contributed by atoms with van der Waals surface area (Å²) < 4.78 is 25.6. The van der Waals surface area contributed by atoms with Crippen LogP contribution < -0.4 is 5.73 Å². The van der Waals surface area contributed by atoms with Crippen LogP contribution in [0.5, 0.6) is 0 Å². The maximum absolute atomic E-state index is 11.5. The molecule has 0 radical (unpaired) electrons. The monoisotopic (exact) mass is 371 g/mol. The minimum atomic E-state index is -2.93. The van der Waals surface area contributed by atoms with E-state index in [9.17, 15) is 13.2 Å². The molecule has 1 aromatic heterocycles. The van der Waals surface area contributed by atoms with E-state index in [0.29, 0.717) is 18.4 Å². The van der Waals surface area contributed by atoms with Crippen LogP contribution in [-0.2, 0) is 16.4 Å². The molecular formula is C13H14BrN3O3S. The molecule has 1 unspecified atom stereocenters. The molecule has 0 aliphatic carbocycles. The Morgan fingerprint density at radius 1 is 1.48 bits per heavy atom. The number of halogens is 1. The van der Waals surface area contributed by atoms with E-state index in [1.807, 2.05) is 12.1 Å². The number of rotatable bonds is 3. The molecule has 8 heteroatoms. The molecule has 2 heterocycles. The lowest BCUT2D eigenvalue weighted by atomic mass is 10.1. The second-order valence-electron chi connectivity index (χ2n) is 5.33. The summed E-state index contributed by atoms with van der Waals surface area (Å²) >= 11 is 3.36. The second kappa shape index (κ2) is 5.10. The summed E-state index contributed by atoms with van der Waals surface area (Å²) in [5, 5.41) is 4.95. The fourth-order valence-corrected chi connectivity index (χ4v) is 4.94. The summed E-state index contributed by atoms with van der Waals surface area (Å²) in [5.74, 6) is -0.152. The van der Waals surface area contributed by atoms with Crippen LogP contribution >= 0.6 is 15.9 Å². The number of nitrogens with two attached hydrogens (primary N) is 1. The van der Waals surface area contributed by atoms with Gasteiger partial charge in [0.05, 0.1) is 17.0 Å². The molecule has 2 N–H and O–H groups in total. The summed E-state index contributed by atoms with van der Waals surface area (Å²) in [5.41, 5.74) is 6.37. The normalized spacial score (nSPS) is 20.9. The first kappa shape index (κ1) is 14.5. The van der Waals surface area contributed by atoms with Gasteiger partial charge in [-0.2, -0.15) is 5.10 Å². The van der Waals surface area contributed by atoms with Gasteiger partial charge in [-0.1, -0.05) is 15.9 Å². The van der Waals surface area contributed by atoms with Crippen molar-refractivity contribution in [1.82, 2.24) is 9.78 Å². The van der Waals surface area contributed by atoms with Gasteiger partial charge in [0, 0.05) is 16.4 Å². The predicted octanol–water partition coefficient (Wildman–Crippen LogP) is 1.33. The highest BCUT2D eigenvalue weighted by Crippen LogP contribution is 2.26. The molecule has 1 saturated heterocycles. The topological polar surface area (TPSA) is 95.1 Å². The van der Waals surface area contributed by atoms with Crippen molar-refractivity contribution in [3.63, 3.8) is 0 Å². The Bertz CT molecular complexity index is 829. The Kier molecular flexibility index (Phi) is 3.53. The number of carbonyl (C=O) groups excluding carboxylic acids is 1. The zero-order valence-electron chi connectivity index (χ0n) is 11.1. The van der Waals surface area contributed by atoms with Gasteiger partial charge >= 0.3 is 0 Å². The van der Waals surface area contributed by atoms with E-state index in [1.54, 1.807) is 10.7 Å². The Morgan fingerprint density at radius 3 is 2.86 bits per heavy atom. The number of sulfone groups is 1. The van der Waals surface area contributed by atoms with E-state index in [0.717, 1.165) is 9.99 Å². The molecule has 0 saturated carbocycles. The summed E-state index contributed by atoms with van der Waals surface area (Å²) in [6.07, 6.45) is 0.631. The first-order valence-electron chi connectivity index (χ1n) is 6.52. The Labute approximate surface area is 130 Å². The fourth-order valence-electron chi connectivity index (χ4n) is 2.73. The highest BCUT2D eigenvalue weighted by atomic mass is 79.9. The van der Waals surface area contributed by atoms with E-state index >= 15 is 0 Å². The van der Waals surface area contributed by atoms with Crippen LogP contribution in [0.4, 0.5) is 0 Å². The molecule has 0 spiro atoms. The third kappa shape index (κ3) is 2.82. The standard InChI is InChI=1S/C13H14BrN3O3S/c14-9-1-2-11-10(5-9)12(13(15)18)16-17(11)6-8-3-4-21(19,20)7-8/h1-2,5,8H,3-4,6-7H2,(H2,15,18). The fraction of sp³-hybridized carbons (Fsp3) is 0.385. The summed E-state index contributed by atoms with van der Waals surface area (Å²) in [7, 11) is -2.93. The van der Waals surface area contributed by atoms with Gasteiger partial charge in [0.15, 0.2) is 15.5 Å². The van der Waals surface area contributed by atoms with E-state index in [1.165, 1.54) is 0 Å². The zero-order chi connectivity index (χ0) is 15.2. The average molecular weight is 372 g/mol. The molecule has 6 nitrogen and oxygen atoms in total. The lowest BCUT2D eigenvalue weighted by molar-refractivity contribution is 0.0996. The third-order valence-electron chi connectivity index (χ3n) is 3.70. The summed E-state index contributed by atoms with van der Waals surface area (Å²) in [6, 6.07) is 5.50. The van der Waals surface area contributed by atoms with Crippen molar-refractivity contribution in [3.8, 4) is 0 Å². The van der Waals surface area contributed by atoms with Gasteiger partial charge in [-0.25, -0.2) is 8.42 Å². The lowest BCUT2D eigenvalue weighted by Gasteiger charge is -2.08. The second-order valence-corrected chi connectivity index (χ2v) is 8.47. The van der Waals surface area contributed by atoms with Crippen LogP contribution in [0.15, 0.2) is 22.7 Å². The number of carbonyl (C=O) groups is 1. The van der Waals surface area contributed by atoms with Gasteiger partial charge < -0.3 is 5.73 Å². The van der Waals surface area contributed by atoms with Crippen LogP contribution in [0.3, 0.4) is 0 Å². The van der Waals surface area contributed by atoms with E-state index in [4.69, 9.17) is 5.73 Å². The van der Waals surface area contributed by atoms with Gasteiger partial charge in [-0.3, -0.25) is 9.48 Å². The van der Waals surface area contributed by atoms with Gasteiger partial charge in [-0.15, -0.1) is 0 Å². The van der Waals surface area contributed by atoms with Crippen LogP contribution in [0, 0.1) is 5.92 Å². The predicted molar refractivity (Wildman–Crippen MR) is 82.7 cm³/mol. The Hall–Kier alpha value is -1.41. The highest BCUT2D eigenvalue weighted by molar-refractivity contribution is 9.10. The zero-order valence-corrected chi connectivity index (χ0v) is 13.5. The summed E-state index contributed by atoms with van der Waals surface area (Å²) in [6.45, 7) is 0.477. The molecule has 3 rings (SSSR count). The average Bonchev–Trinajstić information content (AvgIpc) is 2.90. The van der Waals surface area contributed by atoms with Crippen LogP contribution in [-0.4, -0.2) is 35.6 Å². The van der Waals surface area contributed by atoms with Crippen LogP contribution in [0.1, 0.15) is 16.9 Å². The minimum absolute atomic E-state index is 0.0301. The number of hydrogen-bond donors (Lipinski definition) is 1. The number of primary amides is 1. The molecule has 1 atom stereocenters. The largest absolute Gasteiger partial charge is 0.364 e. The minimum Gasteiger partial charge on any atom is -0.364 e. The number of amides is 1. The molecule has 1 aromatic carbocycles. The van der Waals surface area contributed by atoms with Crippen LogP contribution in [0.2, 0.25) is 0 Å². The molecule has 1 amide bonds. The first-order chi connectivity index (χ1) is 9.85. The van der Waals surface area contributed by atoms with Gasteiger partial charge in [0.25, 0.3) is 5.91 Å². The lowest BCUT2D eigenvalue weighted by Crippen LogP contribution is -2.16. The van der Waals surface area contributed by atoms with Gasteiger partial charge in [0.1, 0.15) is 0 Å². The van der Waals surface area contributed by atoms with Gasteiger partial charge in [-0.05, 0) is 30.5 Å². The molecule has 2 aromatic rings. The molecule has 0 bridgehead atoms. The van der Waals surface area contributed by atoms with E-state index in [-0.39, 0.29) is 23.1 Å². The van der Waals surface area contributed by atoms with Crippen molar-refractivity contribution in [2.75, 3.05) is 11.5 Å². The van der Waals surface area contributed by atoms with E-state index in [2.05, 4.69) is 21.0 Å². The molecule has 1 fully saturated rings. The molecular weight excluding hydrogens is 358 g/mol. The van der Waals surface area contributed by atoms with Crippen LogP contribution in [0.25, 0.3) is 10.9 Å². The number of nitrogens with zero attached hydrogens (tertiary/aromatic N) is 2. The Morgan fingerprint density at radius 2 is 2.24 bits per heavy atom. The highest BCUT2D eigenvalue weighted by Gasteiger charge is 2.29.